The zero-order valence-electron chi connectivity index (χ0n) is 9.54. The Morgan fingerprint density at radius 3 is 2.88 bits per heavy atom. The molecule has 0 aliphatic heterocycles. The summed E-state index contributed by atoms with van der Waals surface area (Å²) in [6.07, 6.45) is 4.27. The van der Waals surface area contributed by atoms with Gasteiger partial charge in [-0.3, -0.25) is 0 Å². The van der Waals surface area contributed by atoms with Crippen molar-refractivity contribution in [1.82, 2.24) is 4.57 Å². The van der Waals surface area contributed by atoms with E-state index in [0.29, 0.717) is 0 Å². The number of halogens is 1. The average molecular weight is 237 g/mol. The van der Waals surface area contributed by atoms with Crippen molar-refractivity contribution in [3.8, 4) is 0 Å². The van der Waals surface area contributed by atoms with Crippen LogP contribution >= 0.6 is 11.6 Å². The van der Waals surface area contributed by atoms with E-state index in [4.69, 9.17) is 17.3 Å². The standard InChI is InChI=1S/C13H17ClN2/c1-2-10-9-16(7-3-6-15)13-8-11(14)4-5-12(10)13/h4-5,8-9H,2-3,6-7,15H2,1H3. The summed E-state index contributed by atoms with van der Waals surface area (Å²) in [7, 11) is 0. The summed E-state index contributed by atoms with van der Waals surface area (Å²) in [6.45, 7) is 3.87. The van der Waals surface area contributed by atoms with Crippen LogP contribution in [0.1, 0.15) is 18.9 Å². The van der Waals surface area contributed by atoms with Crippen LogP contribution in [-0.4, -0.2) is 11.1 Å². The molecule has 0 radical (unpaired) electrons. The number of hydrogen-bond donors (Lipinski definition) is 1. The maximum absolute atomic E-state index is 6.04. The lowest BCUT2D eigenvalue weighted by molar-refractivity contribution is 0.669. The molecule has 0 saturated heterocycles. The highest BCUT2D eigenvalue weighted by molar-refractivity contribution is 6.31. The normalized spacial score (nSPS) is 11.2. The van der Waals surface area contributed by atoms with Gasteiger partial charge in [-0.2, -0.15) is 0 Å². The number of nitrogens with zero attached hydrogens (tertiary/aromatic N) is 1. The molecular formula is C13H17ClN2. The SMILES string of the molecule is CCc1cn(CCCN)c2cc(Cl)ccc12. The fourth-order valence-electron chi connectivity index (χ4n) is 2.07. The molecule has 2 aromatic rings. The van der Waals surface area contributed by atoms with E-state index in [1.807, 2.05) is 12.1 Å². The van der Waals surface area contributed by atoms with E-state index in [9.17, 15) is 0 Å². The number of hydrogen-bond acceptors (Lipinski definition) is 1. The quantitative estimate of drug-likeness (QED) is 0.869. The highest BCUT2D eigenvalue weighted by atomic mass is 35.5. The van der Waals surface area contributed by atoms with E-state index >= 15 is 0 Å². The molecule has 1 heterocycles. The van der Waals surface area contributed by atoms with E-state index in [2.05, 4.69) is 23.8 Å². The molecule has 2 nitrogen and oxygen atoms in total. The maximum atomic E-state index is 6.04. The van der Waals surface area contributed by atoms with Crippen molar-refractivity contribution in [2.45, 2.75) is 26.3 Å². The molecule has 0 saturated carbocycles. The summed E-state index contributed by atoms with van der Waals surface area (Å²) in [5.74, 6) is 0. The van der Waals surface area contributed by atoms with Crippen molar-refractivity contribution in [3.05, 3.63) is 35.0 Å². The maximum Gasteiger partial charge on any atom is 0.0498 e. The fraction of sp³-hybridized carbons (Fsp3) is 0.385. The first-order valence-corrected chi connectivity index (χ1v) is 6.11. The highest BCUT2D eigenvalue weighted by Gasteiger charge is 2.07. The number of fused-ring (bicyclic) bond motifs is 1. The van der Waals surface area contributed by atoms with Crippen LogP contribution in [0.2, 0.25) is 5.02 Å². The van der Waals surface area contributed by atoms with Crippen LogP contribution in [-0.2, 0) is 13.0 Å². The van der Waals surface area contributed by atoms with Gasteiger partial charge in [-0.05, 0) is 37.1 Å². The third-order valence-corrected chi connectivity index (χ3v) is 3.15. The van der Waals surface area contributed by atoms with E-state index in [-0.39, 0.29) is 0 Å². The van der Waals surface area contributed by atoms with Gasteiger partial charge >= 0.3 is 0 Å². The average Bonchev–Trinajstić information content (AvgIpc) is 2.64. The minimum atomic E-state index is 0.724. The molecule has 0 aliphatic carbocycles. The molecule has 86 valence electrons. The number of rotatable bonds is 4. The van der Waals surface area contributed by atoms with Crippen LogP contribution in [0.5, 0.6) is 0 Å². The van der Waals surface area contributed by atoms with Crippen molar-refractivity contribution >= 4 is 22.5 Å². The number of benzene rings is 1. The number of aromatic nitrogens is 1. The van der Waals surface area contributed by atoms with Crippen LogP contribution in [0.15, 0.2) is 24.4 Å². The second-order valence-corrected chi connectivity index (χ2v) is 4.44. The minimum absolute atomic E-state index is 0.724. The molecule has 0 unspecified atom stereocenters. The van der Waals surface area contributed by atoms with Crippen LogP contribution in [0.3, 0.4) is 0 Å². The summed E-state index contributed by atoms with van der Waals surface area (Å²) in [5.41, 5.74) is 8.15. The molecule has 0 amide bonds. The largest absolute Gasteiger partial charge is 0.347 e. The highest BCUT2D eigenvalue weighted by Crippen LogP contribution is 2.25. The predicted molar refractivity (Wildman–Crippen MR) is 70.0 cm³/mol. The Labute approximate surface area is 101 Å². The molecule has 1 aromatic carbocycles. The molecule has 0 aliphatic rings. The van der Waals surface area contributed by atoms with Gasteiger partial charge in [0.2, 0.25) is 0 Å². The topological polar surface area (TPSA) is 30.9 Å². The van der Waals surface area contributed by atoms with Crippen LogP contribution < -0.4 is 5.73 Å². The van der Waals surface area contributed by atoms with Gasteiger partial charge in [-0.25, -0.2) is 0 Å². The smallest absolute Gasteiger partial charge is 0.0498 e. The van der Waals surface area contributed by atoms with E-state index < -0.39 is 0 Å². The van der Waals surface area contributed by atoms with Crippen molar-refractivity contribution in [3.63, 3.8) is 0 Å². The molecule has 1 aromatic heterocycles. The fourth-order valence-corrected chi connectivity index (χ4v) is 2.24. The Morgan fingerprint density at radius 1 is 1.38 bits per heavy atom. The monoisotopic (exact) mass is 236 g/mol. The molecule has 3 heteroatoms. The first-order valence-electron chi connectivity index (χ1n) is 5.73. The van der Waals surface area contributed by atoms with Crippen LogP contribution in [0.4, 0.5) is 0 Å². The lowest BCUT2D eigenvalue weighted by atomic mass is 10.1. The van der Waals surface area contributed by atoms with Gasteiger partial charge in [0.05, 0.1) is 0 Å². The van der Waals surface area contributed by atoms with E-state index in [1.165, 1.54) is 16.5 Å². The van der Waals surface area contributed by atoms with Gasteiger partial charge in [0.15, 0.2) is 0 Å². The molecular weight excluding hydrogens is 220 g/mol. The second-order valence-electron chi connectivity index (χ2n) is 4.00. The third kappa shape index (κ3) is 2.08. The molecule has 2 rings (SSSR count). The zero-order chi connectivity index (χ0) is 11.5. The lowest BCUT2D eigenvalue weighted by Gasteiger charge is -2.03. The van der Waals surface area contributed by atoms with E-state index in [0.717, 1.165) is 31.0 Å². The third-order valence-electron chi connectivity index (χ3n) is 2.91. The van der Waals surface area contributed by atoms with Crippen molar-refractivity contribution in [2.24, 2.45) is 5.73 Å². The van der Waals surface area contributed by atoms with Crippen molar-refractivity contribution in [1.29, 1.82) is 0 Å². The zero-order valence-corrected chi connectivity index (χ0v) is 10.3. The lowest BCUT2D eigenvalue weighted by Crippen LogP contribution is -2.04. The van der Waals surface area contributed by atoms with Gasteiger partial charge < -0.3 is 10.3 Å². The molecule has 16 heavy (non-hydrogen) atoms. The minimum Gasteiger partial charge on any atom is -0.347 e. The van der Waals surface area contributed by atoms with Crippen LogP contribution in [0, 0.1) is 0 Å². The second kappa shape index (κ2) is 4.89. The summed E-state index contributed by atoms with van der Waals surface area (Å²) in [5, 5.41) is 2.10. The summed E-state index contributed by atoms with van der Waals surface area (Å²) < 4.78 is 2.26. The molecule has 0 atom stereocenters. The summed E-state index contributed by atoms with van der Waals surface area (Å²) in [6, 6.07) is 6.10. The number of aryl methyl sites for hydroxylation is 2. The van der Waals surface area contributed by atoms with Gasteiger partial charge in [0, 0.05) is 28.7 Å². The predicted octanol–water partition coefficient (Wildman–Crippen LogP) is 3.21. The molecule has 0 fully saturated rings. The Kier molecular flexibility index (Phi) is 3.52. The Hall–Kier alpha value is -0.990. The molecule has 2 N–H and O–H groups in total. The molecule has 0 spiro atoms. The van der Waals surface area contributed by atoms with Gasteiger partial charge in [0.1, 0.15) is 0 Å². The summed E-state index contributed by atoms with van der Waals surface area (Å²) >= 11 is 6.04. The van der Waals surface area contributed by atoms with Crippen LogP contribution in [0.25, 0.3) is 10.9 Å². The van der Waals surface area contributed by atoms with Crippen molar-refractivity contribution < 1.29 is 0 Å². The van der Waals surface area contributed by atoms with Gasteiger partial charge in [-0.15, -0.1) is 0 Å². The Bertz CT molecular complexity index is 488. The first kappa shape index (κ1) is 11.5. The Balaban J connectivity index is 2.50. The van der Waals surface area contributed by atoms with Gasteiger partial charge in [0.25, 0.3) is 0 Å². The first-order chi connectivity index (χ1) is 7.76. The Morgan fingerprint density at radius 2 is 2.19 bits per heavy atom. The number of nitrogens with two attached hydrogens (primary N) is 1. The molecule has 0 bridgehead atoms. The van der Waals surface area contributed by atoms with Gasteiger partial charge in [-0.1, -0.05) is 24.6 Å². The summed E-state index contributed by atoms with van der Waals surface area (Å²) in [4.78, 5) is 0. The van der Waals surface area contributed by atoms with E-state index in [1.54, 1.807) is 0 Å². The van der Waals surface area contributed by atoms with Crippen molar-refractivity contribution in [2.75, 3.05) is 6.54 Å².